The summed E-state index contributed by atoms with van der Waals surface area (Å²) in [5, 5.41) is 5.66. The molecule has 5 N–H and O–H groups in total. The Morgan fingerprint density at radius 3 is 3.00 bits per heavy atom. The topological polar surface area (TPSA) is 95.8 Å². The van der Waals surface area contributed by atoms with E-state index in [1.807, 2.05) is 0 Å². The van der Waals surface area contributed by atoms with Crippen molar-refractivity contribution >= 4 is 17.7 Å². The number of nitrogens with zero attached hydrogens (tertiary/aromatic N) is 1. The number of amides is 1. The summed E-state index contributed by atoms with van der Waals surface area (Å²) in [6.07, 6.45) is 2.50. The number of rotatable bonds is 4. The fourth-order valence-electron chi connectivity index (χ4n) is 1.37. The van der Waals surface area contributed by atoms with Gasteiger partial charge in [0.2, 0.25) is 0 Å². The third-order valence-corrected chi connectivity index (χ3v) is 2.43. The Hall–Kier alpha value is -1.72. The molecular formula is C9H15N5O. The molecule has 2 rings (SSSR count). The zero-order valence-electron chi connectivity index (χ0n) is 8.63. The minimum Gasteiger partial charge on any atom is -0.369 e. The fraction of sp³-hybridized carbons (Fsp3) is 0.556. The van der Waals surface area contributed by atoms with Crippen LogP contribution in [0.3, 0.4) is 0 Å². The van der Waals surface area contributed by atoms with Crippen LogP contribution >= 0.6 is 0 Å². The minimum atomic E-state index is -0.211. The van der Waals surface area contributed by atoms with Crippen molar-refractivity contribution in [2.24, 2.45) is 5.92 Å². The first-order valence-corrected chi connectivity index (χ1v) is 5.02. The van der Waals surface area contributed by atoms with E-state index in [9.17, 15) is 4.79 Å². The van der Waals surface area contributed by atoms with Gasteiger partial charge in [-0.2, -0.15) is 4.98 Å². The zero-order chi connectivity index (χ0) is 10.8. The Morgan fingerprint density at radius 1 is 1.67 bits per heavy atom. The standard InChI is InChI=1S/C9H15N5O/c1-11-8(15)6-7(14-9(10)13-6)12-4-5-2-3-5/h5,12H,2-4H2,1H3,(H,11,15)(H3,10,13,14). The van der Waals surface area contributed by atoms with Crippen LogP contribution in [0.5, 0.6) is 0 Å². The van der Waals surface area contributed by atoms with Gasteiger partial charge in [-0.3, -0.25) is 4.79 Å². The summed E-state index contributed by atoms with van der Waals surface area (Å²) < 4.78 is 0. The number of imidazole rings is 1. The lowest BCUT2D eigenvalue weighted by molar-refractivity contribution is 0.0959. The highest BCUT2D eigenvalue weighted by atomic mass is 16.1. The Kier molecular flexibility index (Phi) is 2.49. The second-order valence-electron chi connectivity index (χ2n) is 3.75. The van der Waals surface area contributed by atoms with Crippen LogP contribution < -0.4 is 16.4 Å². The van der Waals surface area contributed by atoms with Crippen LogP contribution in [0.15, 0.2) is 0 Å². The number of carbonyl (C=O) groups excluding carboxylic acids is 1. The number of nitrogens with two attached hydrogens (primary N) is 1. The summed E-state index contributed by atoms with van der Waals surface area (Å²) in [6.45, 7) is 0.855. The number of anilines is 2. The molecule has 0 radical (unpaired) electrons. The summed E-state index contributed by atoms with van der Waals surface area (Å²) in [6, 6.07) is 0. The second-order valence-corrected chi connectivity index (χ2v) is 3.75. The Balaban J connectivity index is 2.09. The zero-order valence-corrected chi connectivity index (χ0v) is 8.63. The predicted molar refractivity (Wildman–Crippen MR) is 57.6 cm³/mol. The average Bonchev–Trinajstić information content (AvgIpc) is 2.98. The van der Waals surface area contributed by atoms with Gasteiger partial charge in [0.05, 0.1) is 0 Å². The molecule has 1 saturated carbocycles. The Labute approximate surface area is 87.6 Å². The van der Waals surface area contributed by atoms with Gasteiger partial charge in [0.1, 0.15) is 5.69 Å². The maximum absolute atomic E-state index is 11.4. The number of carbonyl (C=O) groups is 1. The predicted octanol–water partition coefficient (Wildman–Crippen LogP) is 0.173. The van der Waals surface area contributed by atoms with Gasteiger partial charge in [-0.15, -0.1) is 0 Å². The summed E-state index contributed by atoms with van der Waals surface area (Å²) in [5.74, 6) is 1.31. The molecule has 1 aliphatic rings. The monoisotopic (exact) mass is 209 g/mol. The quantitative estimate of drug-likeness (QED) is 0.568. The maximum Gasteiger partial charge on any atom is 0.271 e. The number of hydrogen-bond donors (Lipinski definition) is 4. The molecule has 0 saturated heterocycles. The molecule has 6 heteroatoms. The molecule has 0 spiro atoms. The molecule has 82 valence electrons. The number of H-pyrrole nitrogens is 1. The highest BCUT2D eigenvalue weighted by molar-refractivity contribution is 5.97. The van der Waals surface area contributed by atoms with Crippen molar-refractivity contribution in [1.29, 1.82) is 0 Å². The van der Waals surface area contributed by atoms with Crippen molar-refractivity contribution in [2.75, 3.05) is 24.6 Å². The van der Waals surface area contributed by atoms with E-state index < -0.39 is 0 Å². The molecule has 15 heavy (non-hydrogen) atoms. The lowest BCUT2D eigenvalue weighted by atomic mass is 10.3. The van der Waals surface area contributed by atoms with Crippen molar-refractivity contribution in [2.45, 2.75) is 12.8 Å². The van der Waals surface area contributed by atoms with Gasteiger partial charge in [0, 0.05) is 13.6 Å². The Morgan fingerprint density at radius 2 is 2.40 bits per heavy atom. The molecule has 1 amide bonds. The van der Waals surface area contributed by atoms with Crippen LogP contribution in [-0.4, -0.2) is 29.5 Å². The summed E-state index contributed by atoms with van der Waals surface area (Å²) in [7, 11) is 1.57. The molecule has 1 aliphatic carbocycles. The normalized spacial score (nSPS) is 15.0. The van der Waals surface area contributed by atoms with Gasteiger partial charge in [0.25, 0.3) is 5.91 Å². The number of aromatic nitrogens is 2. The van der Waals surface area contributed by atoms with Crippen molar-refractivity contribution in [3.05, 3.63) is 5.69 Å². The maximum atomic E-state index is 11.4. The molecule has 1 aromatic heterocycles. The van der Waals surface area contributed by atoms with Crippen LogP contribution in [0.4, 0.5) is 11.8 Å². The lowest BCUT2D eigenvalue weighted by Gasteiger charge is -2.03. The van der Waals surface area contributed by atoms with Crippen LogP contribution in [0.1, 0.15) is 23.3 Å². The largest absolute Gasteiger partial charge is 0.369 e. The number of aromatic amines is 1. The molecule has 1 fully saturated rings. The van der Waals surface area contributed by atoms with Gasteiger partial charge < -0.3 is 21.4 Å². The second kappa shape index (κ2) is 3.80. The van der Waals surface area contributed by atoms with Gasteiger partial charge in [-0.25, -0.2) is 0 Å². The highest BCUT2D eigenvalue weighted by Crippen LogP contribution is 2.29. The van der Waals surface area contributed by atoms with E-state index in [-0.39, 0.29) is 11.9 Å². The molecule has 0 unspecified atom stereocenters. The van der Waals surface area contributed by atoms with Crippen molar-refractivity contribution in [3.8, 4) is 0 Å². The average molecular weight is 209 g/mol. The molecule has 1 aromatic rings. The van der Waals surface area contributed by atoms with Crippen LogP contribution in [0, 0.1) is 5.92 Å². The lowest BCUT2D eigenvalue weighted by Crippen LogP contribution is -2.20. The molecule has 0 aromatic carbocycles. The van der Waals surface area contributed by atoms with E-state index in [1.165, 1.54) is 12.8 Å². The van der Waals surface area contributed by atoms with Gasteiger partial charge in [-0.05, 0) is 18.8 Å². The summed E-state index contributed by atoms with van der Waals surface area (Å²) >= 11 is 0. The third-order valence-electron chi connectivity index (χ3n) is 2.43. The Bertz CT molecular complexity index is 369. The van der Waals surface area contributed by atoms with Crippen molar-refractivity contribution < 1.29 is 4.79 Å². The van der Waals surface area contributed by atoms with Gasteiger partial charge >= 0.3 is 0 Å². The first-order valence-electron chi connectivity index (χ1n) is 5.02. The minimum absolute atomic E-state index is 0.211. The molecule has 0 bridgehead atoms. The molecule has 6 nitrogen and oxygen atoms in total. The van der Waals surface area contributed by atoms with Crippen LogP contribution in [-0.2, 0) is 0 Å². The number of nitrogens with one attached hydrogen (secondary N) is 3. The number of nitrogen functional groups attached to an aromatic ring is 1. The van der Waals surface area contributed by atoms with E-state index in [2.05, 4.69) is 20.6 Å². The van der Waals surface area contributed by atoms with E-state index in [4.69, 9.17) is 5.73 Å². The van der Waals surface area contributed by atoms with Crippen molar-refractivity contribution in [3.63, 3.8) is 0 Å². The van der Waals surface area contributed by atoms with E-state index in [0.29, 0.717) is 11.5 Å². The third kappa shape index (κ3) is 2.20. The highest BCUT2D eigenvalue weighted by Gasteiger charge is 2.22. The van der Waals surface area contributed by atoms with Crippen LogP contribution in [0.2, 0.25) is 0 Å². The first-order chi connectivity index (χ1) is 7.20. The van der Waals surface area contributed by atoms with Crippen LogP contribution in [0.25, 0.3) is 0 Å². The first kappa shape index (κ1) is 9.82. The SMILES string of the molecule is CNC(=O)c1[nH]c(N)nc1NCC1CC1. The molecular weight excluding hydrogens is 194 g/mol. The fourth-order valence-corrected chi connectivity index (χ4v) is 1.37. The smallest absolute Gasteiger partial charge is 0.271 e. The van der Waals surface area contributed by atoms with E-state index in [1.54, 1.807) is 7.05 Å². The van der Waals surface area contributed by atoms with E-state index >= 15 is 0 Å². The summed E-state index contributed by atoms with van der Waals surface area (Å²) in [5.41, 5.74) is 5.91. The number of hydrogen-bond acceptors (Lipinski definition) is 4. The van der Waals surface area contributed by atoms with Crippen molar-refractivity contribution in [1.82, 2.24) is 15.3 Å². The molecule has 0 aliphatic heterocycles. The van der Waals surface area contributed by atoms with E-state index in [0.717, 1.165) is 12.5 Å². The summed E-state index contributed by atoms with van der Waals surface area (Å²) in [4.78, 5) is 18.2. The molecule has 1 heterocycles. The van der Waals surface area contributed by atoms with Gasteiger partial charge in [-0.1, -0.05) is 0 Å². The van der Waals surface area contributed by atoms with Gasteiger partial charge in [0.15, 0.2) is 11.8 Å². The molecule has 0 atom stereocenters.